The van der Waals surface area contributed by atoms with Crippen molar-refractivity contribution in [1.82, 2.24) is 9.78 Å². The molecule has 0 atom stereocenters. The van der Waals surface area contributed by atoms with Crippen LogP contribution in [0.3, 0.4) is 0 Å². The van der Waals surface area contributed by atoms with Gasteiger partial charge in [0.15, 0.2) is 0 Å². The molecule has 1 heterocycles. The molecule has 0 aliphatic carbocycles. The van der Waals surface area contributed by atoms with Crippen LogP contribution in [0.25, 0.3) is 5.69 Å². The first-order valence-electron chi connectivity index (χ1n) is 5.15. The number of aromatic nitrogens is 2. The molecule has 2 aromatic rings. The van der Waals surface area contributed by atoms with Crippen molar-refractivity contribution in [1.29, 1.82) is 0 Å². The molecule has 0 fully saturated rings. The lowest BCUT2D eigenvalue weighted by Crippen LogP contribution is -1.94. The summed E-state index contributed by atoms with van der Waals surface area (Å²) in [4.78, 5) is 0. The SMILES string of the molecule is ClCCCc1cnn(-c2ccccc2Br)c1. The number of para-hydroxylation sites is 1. The van der Waals surface area contributed by atoms with E-state index in [1.165, 1.54) is 5.56 Å². The maximum Gasteiger partial charge on any atom is 0.0787 e. The Morgan fingerprint density at radius 1 is 1.31 bits per heavy atom. The molecule has 1 aromatic carbocycles. The largest absolute Gasteiger partial charge is 0.240 e. The van der Waals surface area contributed by atoms with E-state index in [-0.39, 0.29) is 0 Å². The summed E-state index contributed by atoms with van der Waals surface area (Å²) in [6.07, 6.45) is 5.91. The van der Waals surface area contributed by atoms with Gasteiger partial charge >= 0.3 is 0 Å². The number of nitrogens with zero attached hydrogens (tertiary/aromatic N) is 2. The highest BCUT2D eigenvalue weighted by atomic mass is 79.9. The van der Waals surface area contributed by atoms with Gasteiger partial charge in [-0.25, -0.2) is 4.68 Å². The molecule has 16 heavy (non-hydrogen) atoms. The monoisotopic (exact) mass is 298 g/mol. The zero-order chi connectivity index (χ0) is 11.4. The second-order valence-corrected chi connectivity index (χ2v) is 4.77. The Kier molecular flexibility index (Phi) is 4.02. The van der Waals surface area contributed by atoms with E-state index >= 15 is 0 Å². The van der Waals surface area contributed by atoms with Crippen LogP contribution >= 0.6 is 27.5 Å². The smallest absolute Gasteiger partial charge is 0.0787 e. The van der Waals surface area contributed by atoms with E-state index in [0.717, 1.165) is 23.0 Å². The molecule has 0 radical (unpaired) electrons. The normalized spacial score (nSPS) is 10.6. The molecule has 0 saturated carbocycles. The Labute approximate surface area is 108 Å². The number of aryl methyl sites for hydroxylation is 1. The highest BCUT2D eigenvalue weighted by Gasteiger charge is 2.03. The predicted molar refractivity (Wildman–Crippen MR) is 70.3 cm³/mol. The molecule has 0 bridgehead atoms. The van der Waals surface area contributed by atoms with Crippen molar-refractivity contribution in [2.45, 2.75) is 12.8 Å². The Morgan fingerprint density at radius 3 is 2.88 bits per heavy atom. The maximum atomic E-state index is 5.67. The van der Waals surface area contributed by atoms with Crippen molar-refractivity contribution in [3.05, 3.63) is 46.7 Å². The molecule has 0 aliphatic rings. The summed E-state index contributed by atoms with van der Waals surface area (Å²) in [5.74, 6) is 0.695. The second-order valence-electron chi connectivity index (χ2n) is 3.54. The lowest BCUT2D eigenvalue weighted by molar-refractivity contribution is 0.873. The van der Waals surface area contributed by atoms with Crippen molar-refractivity contribution in [3.8, 4) is 5.69 Å². The molecule has 0 N–H and O–H groups in total. The number of benzene rings is 1. The molecule has 84 valence electrons. The van der Waals surface area contributed by atoms with Crippen LogP contribution in [0.4, 0.5) is 0 Å². The predicted octanol–water partition coefficient (Wildman–Crippen LogP) is 3.81. The van der Waals surface area contributed by atoms with Crippen molar-refractivity contribution >= 4 is 27.5 Å². The van der Waals surface area contributed by atoms with Gasteiger partial charge in [-0.15, -0.1) is 11.6 Å². The van der Waals surface area contributed by atoms with Crippen LogP contribution in [0.1, 0.15) is 12.0 Å². The van der Waals surface area contributed by atoms with Crippen LogP contribution in [0.15, 0.2) is 41.1 Å². The summed E-state index contributed by atoms with van der Waals surface area (Å²) < 4.78 is 2.93. The molecule has 0 amide bonds. The number of hydrogen-bond acceptors (Lipinski definition) is 1. The Morgan fingerprint density at radius 2 is 2.12 bits per heavy atom. The number of hydrogen-bond donors (Lipinski definition) is 0. The molecular weight excluding hydrogens is 288 g/mol. The summed E-state index contributed by atoms with van der Waals surface area (Å²) in [5.41, 5.74) is 2.27. The molecule has 0 spiro atoms. The van der Waals surface area contributed by atoms with E-state index in [1.54, 1.807) is 0 Å². The average Bonchev–Trinajstić information content (AvgIpc) is 2.75. The van der Waals surface area contributed by atoms with Crippen LogP contribution in [-0.4, -0.2) is 15.7 Å². The third-order valence-electron chi connectivity index (χ3n) is 2.33. The highest BCUT2D eigenvalue weighted by Crippen LogP contribution is 2.20. The van der Waals surface area contributed by atoms with Crippen LogP contribution in [0.5, 0.6) is 0 Å². The minimum atomic E-state index is 0.695. The van der Waals surface area contributed by atoms with E-state index in [0.29, 0.717) is 5.88 Å². The van der Waals surface area contributed by atoms with Crippen LogP contribution in [-0.2, 0) is 6.42 Å². The average molecular weight is 300 g/mol. The van der Waals surface area contributed by atoms with Gasteiger partial charge in [0, 0.05) is 16.5 Å². The van der Waals surface area contributed by atoms with Crippen LogP contribution in [0, 0.1) is 0 Å². The van der Waals surface area contributed by atoms with Crippen molar-refractivity contribution in [3.63, 3.8) is 0 Å². The summed E-state index contributed by atoms with van der Waals surface area (Å²) in [6.45, 7) is 0. The van der Waals surface area contributed by atoms with Gasteiger partial charge in [-0.05, 0) is 46.5 Å². The van der Waals surface area contributed by atoms with Gasteiger partial charge in [-0.3, -0.25) is 0 Å². The quantitative estimate of drug-likeness (QED) is 0.785. The van der Waals surface area contributed by atoms with Gasteiger partial charge in [0.05, 0.1) is 11.9 Å². The summed E-state index contributed by atoms with van der Waals surface area (Å²) >= 11 is 9.18. The van der Waals surface area contributed by atoms with Gasteiger partial charge in [0.2, 0.25) is 0 Å². The first-order valence-corrected chi connectivity index (χ1v) is 6.48. The highest BCUT2D eigenvalue weighted by molar-refractivity contribution is 9.10. The number of rotatable bonds is 4. The third kappa shape index (κ3) is 2.66. The topological polar surface area (TPSA) is 17.8 Å². The molecule has 2 rings (SSSR count). The molecule has 1 aromatic heterocycles. The standard InChI is InChI=1S/C12H12BrClN2/c13-11-5-1-2-6-12(11)16-9-10(8-15-16)4-3-7-14/h1-2,5-6,8-9H,3-4,7H2. The van der Waals surface area contributed by atoms with Gasteiger partial charge in [0.1, 0.15) is 0 Å². The summed E-state index contributed by atoms with van der Waals surface area (Å²) in [5, 5.41) is 4.34. The van der Waals surface area contributed by atoms with E-state index in [9.17, 15) is 0 Å². The van der Waals surface area contributed by atoms with Gasteiger partial charge in [-0.1, -0.05) is 12.1 Å². The molecule has 4 heteroatoms. The minimum absolute atomic E-state index is 0.695. The zero-order valence-electron chi connectivity index (χ0n) is 8.74. The summed E-state index contributed by atoms with van der Waals surface area (Å²) in [6, 6.07) is 8.03. The molecule has 0 unspecified atom stereocenters. The number of halogens is 2. The fraction of sp³-hybridized carbons (Fsp3) is 0.250. The fourth-order valence-electron chi connectivity index (χ4n) is 1.53. The lowest BCUT2D eigenvalue weighted by Gasteiger charge is -2.02. The third-order valence-corrected chi connectivity index (χ3v) is 3.27. The van der Waals surface area contributed by atoms with Gasteiger partial charge < -0.3 is 0 Å². The van der Waals surface area contributed by atoms with E-state index < -0.39 is 0 Å². The first-order chi connectivity index (χ1) is 7.81. The maximum absolute atomic E-state index is 5.67. The fourth-order valence-corrected chi connectivity index (χ4v) is 2.13. The molecular formula is C12H12BrClN2. The van der Waals surface area contributed by atoms with Gasteiger partial charge in [0.25, 0.3) is 0 Å². The number of alkyl halides is 1. The lowest BCUT2D eigenvalue weighted by atomic mass is 10.2. The Bertz CT molecular complexity index is 468. The minimum Gasteiger partial charge on any atom is -0.240 e. The van der Waals surface area contributed by atoms with Crippen LogP contribution in [0.2, 0.25) is 0 Å². The second kappa shape index (κ2) is 5.51. The molecule has 2 nitrogen and oxygen atoms in total. The van der Waals surface area contributed by atoms with Gasteiger partial charge in [-0.2, -0.15) is 5.10 Å². The van der Waals surface area contributed by atoms with Crippen molar-refractivity contribution < 1.29 is 0 Å². The van der Waals surface area contributed by atoms with Crippen molar-refractivity contribution in [2.24, 2.45) is 0 Å². The molecule has 0 saturated heterocycles. The van der Waals surface area contributed by atoms with E-state index in [2.05, 4.69) is 21.0 Å². The van der Waals surface area contributed by atoms with E-state index in [4.69, 9.17) is 11.6 Å². The van der Waals surface area contributed by atoms with E-state index in [1.807, 2.05) is 41.3 Å². The van der Waals surface area contributed by atoms with Crippen LogP contribution < -0.4 is 0 Å². The Balaban J connectivity index is 2.22. The Hall–Kier alpha value is -0.800. The summed E-state index contributed by atoms with van der Waals surface area (Å²) in [7, 11) is 0. The molecule has 0 aliphatic heterocycles. The zero-order valence-corrected chi connectivity index (χ0v) is 11.1. The van der Waals surface area contributed by atoms with Crippen molar-refractivity contribution in [2.75, 3.05) is 5.88 Å². The first kappa shape index (κ1) is 11.7.